The van der Waals surface area contributed by atoms with Crippen LogP contribution in [0.4, 0.5) is 0 Å². The lowest BCUT2D eigenvalue weighted by atomic mass is 10.1. The number of para-hydroxylation sites is 1. The summed E-state index contributed by atoms with van der Waals surface area (Å²) in [6.45, 7) is 4.01. The summed E-state index contributed by atoms with van der Waals surface area (Å²) >= 11 is 1.49. The van der Waals surface area contributed by atoms with Crippen molar-refractivity contribution in [2.75, 3.05) is 5.75 Å². The van der Waals surface area contributed by atoms with E-state index < -0.39 is 0 Å². The summed E-state index contributed by atoms with van der Waals surface area (Å²) in [4.78, 5) is 16.1. The molecule has 0 radical (unpaired) electrons. The van der Waals surface area contributed by atoms with E-state index in [1.807, 2.05) is 45.3 Å². The van der Waals surface area contributed by atoms with Crippen LogP contribution >= 0.6 is 11.8 Å². The van der Waals surface area contributed by atoms with E-state index in [1.165, 1.54) is 11.8 Å². The molecule has 3 heterocycles. The normalized spacial score (nSPS) is 14.0. The van der Waals surface area contributed by atoms with E-state index >= 15 is 0 Å². The number of aryl methyl sites for hydroxylation is 1. The Morgan fingerprint density at radius 2 is 2.03 bits per heavy atom. The summed E-state index contributed by atoms with van der Waals surface area (Å²) in [5, 5.41) is 10.9. The largest absolute Gasteiger partial charge is 0.360 e. The molecule has 7 heteroatoms. The summed E-state index contributed by atoms with van der Waals surface area (Å²) in [6, 6.07) is 10.6. The number of aromatic amines is 1. The Morgan fingerprint density at radius 3 is 2.76 bits per heavy atom. The molecule has 1 fully saturated rings. The molecule has 4 aromatic rings. The van der Waals surface area contributed by atoms with Gasteiger partial charge in [0.15, 0.2) is 16.8 Å². The Labute approximate surface area is 173 Å². The maximum Gasteiger partial charge on any atom is 0.192 e. The number of fused-ring (bicyclic) bond motifs is 1. The van der Waals surface area contributed by atoms with Gasteiger partial charge in [-0.2, -0.15) is 0 Å². The standard InChI is InChI=1S/C22H23N5OS/c1-13-10-17(14(2)26(13)3)20(28)12-29-22-25-24-21(27(22)15-8-9-15)18-11-23-19-7-5-4-6-16(18)19/h4-7,10-11,15,23H,8-9,12H2,1-3H3. The van der Waals surface area contributed by atoms with Crippen LogP contribution in [0.5, 0.6) is 0 Å². The molecule has 29 heavy (non-hydrogen) atoms. The van der Waals surface area contributed by atoms with Gasteiger partial charge in [0, 0.05) is 52.7 Å². The highest BCUT2D eigenvalue weighted by molar-refractivity contribution is 7.99. The Kier molecular flexibility index (Phi) is 4.35. The Morgan fingerprint density at radius 1 is 1.24 bits per heavy atom. The molecule has 1 aromatic carbocycles. The lowest BCUT2D eigenvalue weighted by Crippen LogP contribution is -2.06. The Balaban J connectivity index is 1.44. The molecule has 0 bridgehead atoms. The number of hydrogen-bond donors (Lipinski definition) is 1. The minimum absolute atomic E-state index is 0.134. The van der Waals surface area contributed by atoms with E-state index in [1.54, 1.807) is 0 Å². The van der Waals surface area contributed by atoms with Gasteiger partial charge in [0.1, 0.15) is 0 Å². The number of nitrogens with one attached hydrogen (secondary N) is 1. The highest BCUT2D eigenvalue weighted by Crippen LogP contribution is 2.42. The van der Waals surface area contributed by atoms with Crippen LogP contribution in [-0.4, -0.2) is 35.9 Å². The number of Topliss-reactive ketones (excluding diaryl/α,β-unsaturated/α-hetero) is 1. The smallest absolute Gasteiger partial charge is 0.192 e. The third-order valence-corrected chi connectivity index (χ3v) is 6.76. The van der Waals surface area contributed by atoms with Crippen molar-refractivity contribution in [1.82, 2.24) is 24.3 Å². The van der Waals surface area contributed by atoms with Gasteiger partial charge in [-0.3, -0.25) is 9.36 Å². The molecule has 0 amide bonds. The van der Waals surface area contributed by atoms with Gasteiger partial charge < -0.3 is 9.55 Å². The number of ketones is 1. The first-order chi connectivity index (χ1) is 14.0. The van der Waals surface area contributed by atoms with Gasteiger partial charge in [0.2, 0.25) is 0 Å². The number of hydrogen-bond acceptors (Lipinski definition) is 4. The van der Waals surface area contributed by atoms with Crippen LogP contribution in [-0.2, 0) is 7.05 Å². The number of aromatic nitrogens is 5. The first-order valence-corrected chi connectivity index (χ1v) is 10.8. The van der Waals surface area contributed by atoms with Crippen LogP contribution in [0.2, 0.25) is 0 Å². The van der Waals surface area contributed by atoms with Crippen LogP contribution in [0, 0.1) is 13.8 Å². The average molecular weight is 406 g/mol. The van der Waals surface area contributed by atoms with Gasteiger partial charge in [0.25, 0.3) is 0 Å². The zero-order chi connectivity index (χ0) is 20.1. The monoisotopic (exact) mass is 405 g/mol. The Hall–Kier alpha value is -2.80. The summed E-state index contributed by atoms with van der Waals surface area (Å²) in [7, 11) is 1.99. The number of nitrogens with zero attached hydrogens (tertiary/aromatic N) is 4. The highest BCUT2D eigenvalue weighted by Gasteiger charge is 2.31. The maximum atomic E-state index is 12.8. The van der Waals surface area contributed by atoms with Crippen LogP contribution in [0.15, 0.2) is 41.7 Å². The predicted octanol–water partition coefficient (Wildman–Crippen LogP) is 4.69. The van der Waals surface area contributed by atoms with Gasteiger partial charge in [-0.1, -0.05) is 30.0 Å². The third-order valence-electron chi connectivity index (χ3n) is 5.81. The first kappa shape index (κ1) is 18.2. The van der Waals surface area contributed by atoms with Crippen molar-refractivity contribution in [3.05, 3.63) is 53.5 Å². The summed E-state index contributed by atoms with van der Waals surface area (Å²) in [5.74, 6) is 1.38. The van der Waals surface area contributed by atoms with Gasteiger partial charge in [-0.25, -0.2) is 0 Å². The number of carbonyl (C=O) groups is 1. The molecule has 0 atom stereocenters. The van der Waals surface area contributed by atoms with E-state index in [4.69, 9.17) is 0 Å². The van der Waals surface area contributed by atoms with E-state index in [0.29, 0.717) is 11.8 Å². The molecule has 0 unspecified atom stereocenters. The SMILES string of the molecule is Cc1cc(C(=O)CSc2nnc(-c3c[nH]c4ccccc34)n2C2CC2)c(C)n1C. The zero-order valence-electron chi connectivity index (χ0n) is 16.8. The summed E-state index contributed by atoms with van der Waals surface area (Å²) in [6.07, 6.45) is 4.26. The second-order valence-electron chi connectivity index (χ2n) is 7.71. The van der Waals surface area contributed by atoms with Crippen molar-refractivity contribution < 1.29 is 4.79 Å². The van der Waals surface area contributed by atoms with Crippen molar-refractivity contribution in [3.8, 4) is 11.4 Å². The number of H-pyrrole nitrogens is 1. The topological polar surface area (TPSA) is 68.5 Å². The lowest BCUT2D eigenvalue weighted by molar-refractivity contribution is 0.102. The van der Waals surface area contributed by atoms with Crippen molar-refractivity contribution >= 4 is 28.4 Å². The van der Waals surface area contributed by atoms with Gasteiger partial charge in [-0.05, 0) is 38.8 Å². The average Bonchev–Trinajstić information content (AvgIpc) is 3.25. The van der Waals surface area contributed by atoms with Gasteiger partial charge in [0.05, 0.1) is 5.75 Å². The molecule has 1 aliphatic rings. The molecule has 5 rings (SSSR count). The molecule has 1 aliphatic carbocycles. The van der Waals surface area contributed by atoms with Gasteiger partial charge >= 0.3 is 0 Å². The molecule has 0 spiro atoms. The molecular formula is C22H23N5OS. The van der Waals surface area contributed by atoms with Gasteiger partial charge in [-0.15, -0.1) is 10.2 Å². The lowest BCUT2D eigenvalue weighted by Gasteiger charge is -2.08. The quantitative estimate of drug-likeness (QED) is 0.373. The van der Waals surface area contributed by atoms with E-state index in [2.05, 4.69) is 36.4 Å². The molecular weight excluding hydrogens is 382 g/mol. The van der Waals surface area contributed by atoms with E-state index in [0.717, 1.165) is 57.2 Å². The molecule has 1 saturated carbocycles. The number of thioether (sulfide) groups is 1. The predicted molar refractivity (Wildman–Crippen MR) is 116 cm³/mol. The third kappa shape index (κ3) is 3.09. The summed E-state index contributed by atoms with van der Waals surface area (Å²) in [5.41, 5.74) is 5.06. The van der Waals surface area contributed by atoms with Crippen LogP contribution in [0.1, 0.15) is 40.6 Å². The molecule has 6 nitrogen and oxygen atoms in total. The fraction of sp³-hybridized carbons (Fsp3) is 0.318. The zero-order valence-corrected chi connectivity index (χ0v) is 17.6. The van der Waals surface area contributed by atoms with Crippen molar-refractivity contribution in [2.24, 2.45) is 7.05 Å². The van der Waals surface area contributed by atoms with Crippen LogP contribution in [0.25, 0.3) is 22.3 Å². The number of rotatable bonds is 6. The van der Waals surface area contributed by atoms with E-state index in [9.17, 15) is 4.79 Å². The maximum absolute atomic E-state index is 12.8. The minimum Gasteiger partial charge on any atom is -0.360 e. The molecule has 3 aromatic heterocycles. The highest BCUT2D eigenvalue weighted by atomic mass is 32.2. The molecule has 0 aliphatic heterocycles. The summed E-state index contributed by atoms with van der Waals surface area (Å²) < 4.78 is 4.27. The second-order valence-corrected chi connectivity index (χ2v) is 8.65. The molecule has 1 N–H and O–H groups in total. The fourth-order valence-electron chi connectivity index (χ4n) is 3.82. The van der Waals surface area contributed by atoms with Crippen molar-refractivity contribution in [3.63, 3.8) is 0 Å². The number of benzene rings is 1. The fourth-order valence-corrected chi connectivity index (χ4v) is 4.71. The van der Waals surface area contributed by atoms with Crippen molar-refractivity contribution in [2.45, 2.75) is 37.9 Å². The van der Waals surface area contributed by atoms with Crippen LogP contribution < -0.4 is 0 Å². The minimum atomic E-state index is 0.134. The Bertz CT molecular complexity index is 1230. The molecule has 148 valence electrons. The first-order valence-electron chi connectivity index (χ1n) is 9.85. The molecule has 0 saturated heterocycles. The second kappa shape index (κ2) is 6.91. The van der Waals surface area contributed by atoms with Crippen molar-refractivity contribution in [1.29, 1.82) is 0 Å². The number of carbonyl (C=O) groups excluding carboxylic acids is 1. The van der Waals surface area contributed by atoms with Crippen LogP contribution in [0.3, 0.4) is 0 Å². The van der Waals surface area contributed by atoms with E-state index in [-0.39, 0.29) is 5.78 Å².